The van der Waals surface area contributed by atoms with Crippen molar-refractivity contribution in [3.05, 3.63) is 45.4 Å². The zero-order chi connectivity index (χ0) is 17.5. The van der Waals surface area contributed by atoms with Crippen molar-refractivity contribution in [2.45, 2.75) is 33.9 Å². The summed E-state index contributed by atoms with van der Waals surface area (Å²) in [5.41, 5.74) is 3.37. The molecule has 6 heteroatoms. The largest absolute Gasteiger partial charge is 0.496 e. The third kappa shape index (κ3) is 4.96. The summed E-state index contributed by atoms with van der Waals surface area (Å²) in [4.78, 5) is 11.4. The van der Waals surface area contributed by atoms with Crippen LogP contribution in [0.25, 0.3) is 0 Å². The van der Waals surface area contributed by atoms with Crippen LogP contribution in [-0.4, -0.2) is 36.5 Å². The number of methoxy groups -OCH3 is 1. The number of hydrogen-bond donors (Lipinski definition) is 1. The standard InChI is InChI=1S/C18H26N4OS/c1-6-19-18(22(4)11-16-12-24-14(3)21-16)20-10-15-7-8-17(23-5)13(2)9-15/h7-9,12H,6,10-11H2,1-5H3,(H,19,20). The number of aromatic nitrogens is 1. The smallest absolute Gasteiger partial charge is 0.194 e. The molecule has 0 amide bonds. The minimum Gasteiger partial charge on any atom is -0.496 e. The molecular formula is C18H26N4OS. The topological polar surface area (TPSA) is 49.8 Å². The van der Waals surface area contributed by atoms with Gasteiger partial charge >= 0.3 is 0 Å². The monoisotopic (exact) mass is 346 g/mol. The fraction of sp³-hybridized carbons (Fsp3) is 0.444. The highest BCUT2D eigenvalue weighted by Gasteiger charge is 2.09. The van der Waals surface area contributed by atoms with Crippen LogP contribution in [0.4, 0.5) is 0 Å². The van der Waals surface area contributed by atoms with Crippen LogP contribution in [-0.2, 0) is 13.1 Å². The molecule has 0 radical (unpaired) electrons. The van der Waals surface area contributed by atoms with Crippen LogP contribution in [0.5, 0.6) is 5.75 Å². The van der Waals surface area contributed by atoms with E-state index in [1.54, 1.807) is 18.4 Å². The van der Waals surface area contributed by atoms with Crippen LogP contribution < -0.4 is 10.1 Å². The van der Waals surface area contributed by atoms with E-state index >= 15 is 0 Å². The minimum atomic E-state index is 0.633. The van der Waals surface area contributed by atoms with Crippen molar-refractivity contribution >= 4 is 17.3 Å². The Morgan fingerprint density at radius 3 is 2.75 bits per heavy atom. The lowest BCUT2D eigenvalue weighted by Crippen LogP contribution is -2.38. The summed E-state index contributed by atoms with van der Waals surface area (Å²) in [6, 6.07) is 6.17. The lowest BCUT2D eigenvalue weighted by molar-refractivity contribution is 0.411. The molecule has 0 atom stereocenters. The Bertz CT molecular complexity index is 696. The molecule has 0 unspecified atom stereocenters. The number of hydrogen-bond acceptors (Lipinski definition) is 4. The van der Waals surface area contributed by atoms with Crippen LogP contribution in [0.2, 0.25) is 0 Å². The van der Waals surface area contributed by atoms with Gasteiger partial charge in [-0.3, -0.25) is 0 Å². The molecular weight excluding hydrogens is 320 g/mol. The summed E-state index contributed by atoms with van der Waals surface area (Å²) in [6.45, 7) is 8.37. The van der Waals surface area contributed by atoms with Gasteiger partial charge in [0.1, 0.15) is 5.75 Å². The fourth-order valence-corrected chi connectivity index (χ4v) is 3.08. The Labute approximate surface area is 148 Å². The first-order chi connectivity index (χ1) is 11.5. The quantitative estimate of drug-likeness (QED) is 0.644. The normalized spacial score (nSPS) is 11.5. The Morgan fingerprint density at radius 1 is 1.38 bits per heavy atom. The Kier molecular flexibility index (Phi) is 6.61. The van der Waals surface area contributed by atoms with Gasteiger partial charge in [0.15, 0.2) is 5.96 Å². The van der Waals surface area contributed by atoms with Gasteiger partial charge in [0.2, 0.25) is 0 Å². The van der Waals surface area contributed by atoms with E-state index in [0.717, 1.165) is 41.1 Å². The molecule has 0 spiro atoms. The first-order valence-corrected chi connectivity index (χ1v) is 8.95. The second-order valence-corrected chi connectivity index (χ2v) is 6.75. The van der Waals surface area contributed by atoms with Gasteiger partial charge in [-0.05, 0) is 38.0 Å². The third-order valence-electron chi connectivity index (χ3n) is 3.63. The third-order valence-corrected chi connectivity index (χ3v) is 4.46. The number of aliphatic imine (C=N–C) groups is 1. The van der Waals surface area contributed by atoms with Crippen molar-refractivity contribution in [1.82, 2.24) is 15.2 Å². The van der Waals surface area contributed by atoms with Crippen LogP contribution in [0.1, 0.15) is 28.8 Å². The number of thiazole rings is 1. The van der Waals surface area contributed by atoms with E-state index in [0.29, 0.717) is 6.54 Å². The van der Waals surface area contributed by atoms with Crippen molar-refractivity contribution in [2.75, 3.05) is 20.7 Å². The Balaban J connectivity index is 2.07. The average molecular weight is 347 g/mol. The molecule has 0 fully saturated rings. The van der Waals surface area contributed by atoms with Crippen LogP contribution >= 0.6 is 11.3 Å². The molecule has 2 aromatic rings. The van der Waals surface area contributed by atoms with Gasteiger partial charge in [-0.1, -0.05) is 12.1 Å². The van der Waals surface area contributed by atoms with Gasteiger partial charge in [0, 0.05) is 19.0 Å². The maximum atomic E-state index is 5.31. The second-order valence-electron chi connectivity index (χ2n) is 5.69. The Hall–Kier alpha value is -2.08. The number of nitrogens with one attached hydrogen (secondary N) is 1. The van der Waals surface area contributed by atoms with Crippen molar-refractivity contribution in [3.8, 4) is 5.75 Å². The molecule has 130 valence electrons. The summed E-state index contributed by atoms with van der Waals surface area (Å²) in [7, 11) is 3.73. The molecule has 0 aliphatic rings. The SMILES string of the molecule is CCNC(=NCc1ccc(OC)c(C)c1)N(C)Cc1csc(C)n1. The fourth-order valence-electron chi connectivity index (χ4n) is 2.47. The molecule has 1 aromatic heterocycles. The van der Waals surface area contributed by atoms with E-state index in [-0.39, 0.29) is 0 Å². The molecule has 1 aromatic carbocycles. The van der Waals surface area contributed by atoms with Gasteiger partial charge in [0.05, 0.1) is 30.9 Å². The van der Waals surface area contributed by atoms with E-state index in [1.165, 1.54) is 5.56 Å². The first kappa shape index (κ1) is 18.3. The van der Waals surface area contributed by atoms with Gasteiger partial charge in [-0.25, -0.2) is 9.98 Å². The Morgan fingerprint density at radius 2 is 2.17 bits per heavy atom. The molecule has 0 aliphatic heterocycles. The maximum absolute atomic E-state index is 5.31. The van der Waals surface area contributed by atoms with Crippen molar-refractivity contribution < 1.29 is 4.74 Å². The van der Waals surface area contributed by atoms with E-state index in [9.17, 15) is 0 Å². The highest BCUT2D eigenvalue weighted by atomic mass is 32.1. The lowest BCUT2D eigenvalue weighted by Gasteiger charge is -2.21. The molecule has 1 heterocycles. The van der Waals surface area contributed by atoms with Gasteiger partial charge in [0.25, 0.3) is 0 Å². The number of rotatable bonds is 6. The highest BCUT2D eigenvalue weighted by Crippen LogP contribution is 2.19. The number of ether oxygens (including phenoxy) is 1. The van der Waals surface area contributed by atoms with Gasteiger partial charge in [-0.2, -0.15) is 0 Å². The number of aryl methyl sites for hydroxylation is 2. The van der Waals surface area contributed by atoms with Crippen LogP contribution in [0.3, 0.4) is 0 Å². The number of nitrogens with zero attached hydrogens (tertiary/aromatic N) is 3. The van der Waals surface area contributed by atoms with E-state index < -0.39 is 0 Å². The van der Waals surface area contributed by atoms with Gasteiger partial charge in [-0.15, -0.1) is 11.3 Å². The van der Waals surface area contributed by atoms with Crippen LogP contribution in [0, 0.1) is 13.8 Å². The van der Waals surface area contributed by atoms with Gasteiger partial charge < -0.3 is 15.0 Å². The zero-order valence-electron chi connectivity index (χ0n) is 15.1. The first-order valence-electron chi connectivity index (χ1n) is 8.07. The molecule has 0 bridgehead atoms. The predicted octanol–water partition coefficient (Wildman–Crippen LogP) is 3.37. The predicted molar refractivity (Wildman–Crippen MR) is 101 cm³/mol. The molecule has 2 rings (SSSR count). The summed E-state index contributed by atoms with van der Waals surface area (Å²) in [5, 5.41) is 6.53. The van der Waals surface area contributed by atoms with E-state index in [1.807, 2.05) is 27.0 Å². The van der Waals surface area contributed by atoms with Crippen molar-refractivity contribution in [3.63, 3.8) is 0 Å². The summed E-state index contributed by atoms with van der Waals surface area (Å²) < 4.78 is 5.31. The molecule has 24 heavy (non-hydrogen) atoms. The summed E-state index contributed by atoms with van der Waals surface area (Å²) >= 11 is 1.68. The summed E-state index contributed by atoms with van der Waals surface area (Å²) in [6.07, 6.45) is 0. The molecule has 1 N–H and O–H groups in total. The van der Waals surface area contributed by atoms with E-state index in [4.69, 9.17) is 9.73 Å². The van der Waals surface area contributed by atoms with Crippen LogP contribution in [0.15, 0.2) is 28.6 Å². The zero-order valence-corrected chi connectivity index (χ0v) is 15.9. The number of benzene rings is 1. The molecule has 0 saturated carbocycles. The maximum Gasteiger partial charge on any atom is 0.194 e. The summed E-state index contributed by atoms with van der Waals surface area (Å²) in [5.74, 6) is 1.79. The van der Waals surface area contributed by atoms with E-state index in [2.05, 4.69) is 39.6 Å². The molecule has 0 aliphatic carbocycles. The number of guanidine groups is 1. The average Bonchev–Trinajstić information content (AvgIpc) is 2.96. The molecule has 5 nitrogen and oxygen atoms in total. The minimum absolute atomic E-state index is 0.633. The van der Waals surface area contributed by atoms with Crippen molar-refractivity contribution in [1.29, 1.82) is 0 Å². The lowest BCUT2D eigenvalue weighted by atomic mass is 10.1. The molecule has 0 saturated heterocycles. The van der Waals surface area contributed by atoms with Crippen molar-refractivity contribution in [2.24, 2.45) is 4.99 Å². The second kappa shape index (κ2) is 8.68. The highest BCUT2D eigenvalue weighted by molar-refractivity contribution is 7.09.